The van der Waals surface area contributed by atoms with Crippen molar-refractivity contribution in [3.8, 4) is 5.75 Å². The third-order valence-corrected chi connectivity index (χ3v) is 6.26. The van der Waals surface area contributed by atoms with Gasteiger partial charge < -0.3 is 9.47 Å². The first-order chi connectivity index (χ1) is 15.4. The summed E-state index contributed by atoms with van der Waals surface area (Å²) in [6, 6.07) is 3.68. The molecule has 0 aromatic carbocycles. The second-order valence-corrected chi connectivity index (χ2v) is 10.5. The minimum absolute atomic E-state index is 0.0744. The van der Waals surface area contributed by atoms with Gasteiger partial charge in [0.1, 0.15) is 12.4 Å². The van der Waals surface area contributed by atoms with Gasteiger partial charge in [0.15, 0.2) is 0 Å². The van der Waals surface area contributed by atoms with E-state index in [-0.39, 0.29) is 30.7 Å². The number of aryl methyl sites for hydroxylation is 1. The number of hydrogen-bond acceptors (Lipinski definition) is 10. The maximum Gasteiger partial charge on any atom is 0.309 e. The molecule has 0 bridgehead atoms. The van der Waals surface area contributed by atoms with E-state index in [4.69, 9.17) is 13.7 Å². The molecule has 1 fully saturated rings. The molecule has 33 heavy (non-hydrogen) atoms. The molecule has 11 heteroatoms. The number of nitrogens with one attached hydrogen (secondary N) is 1. The molecule has 10 nitrogen and oxygen atoms in total. The van der Waals surface area contributed by atoms with Gasteiger partial charge in [-0.05, 0) is 58.6 Å². The van der Waals surface area contributed by atoms with Gasteiger partial charge in [-0.3, -0.25) is 19.4 Å². The van der Waals surface area contributed by atoms with Crippen LogP contribution in [-0.2, 0) is 23.8 Å². The van der Waals surface area contributed by atoms with Crippen molar-refractivity contribution in [2.24, 2.45) is 5.92 Å². The largest absolute Gasteiger partial charge is 0.489 e. The summed E-state index contributed by atoms with van der Waals surface area (Å²) >= 11 is 0. The topological polar surface area (TPSA) is 110 Å². The summed E-state index contributed by atoms with van der Waals surface area (Å²) in [5, 5.41) is 3.48. The van der Waals surface area contributed by atoms with E-state index in [2.05, 4.69) is 10.4 Å². The third kappa shape index (κ3) is 6.58. The fourth-order valence-electron chi connectivity index (χ4n) is 3.96. The van der Waals surface area contributed by atoms with Crippen molar-refractivity contribution in [2.45, 2.75) is 58.7 Å². The molecule has 2 heterocycles. The first kappa shape index (κ1) is 25.3. The summed E-state index contributed by atoms with van der Waals surface area (Å²) in [4.78, 5) is 17.0. The van der Waals surface area contributed by atoms with Crippen LogP contribution in [0.2, 0.25) is 0 Å². The van der Waals surface area contributed by atoms with Gasteiger partial charge in [-0.2, -0.15) is 8.42 Å². The predicted molar refractivity (Wildman–Crippen MR) is 123 cm³/mol. The van der Waals surface area contributed by atoms with Crippen molar-refractivity contribution < 1.29 is 26.9 Å². The number of nitrogens with zero attached hydrogens (tertiary/aromatic N) is 3. The van der Waals surface area contributed by atoms with E-state index in [9.17, 15) is 13.2 Å². The summed E-state index contributed by atoms with van der Waals surface area (Å²) in [5.41, 5.74) is 5.82. The van der Waals surface area contributed by atoms with E-state index in [1.165, 1.54) is 0 Å². The fraction of sp³-hybridized carbons (Fsp3) is 0.636. The molecule has 3 rings (SSSR count). The number of carbonyl (C=O) groups excluding carboxylic acids is 1. The van der Waals surface area contributed by atoms with Crippen molar-refractivity contribution in [3.05, 3.63) is 29.2 Å². The Morgan fingerprint density at radius 1 is 1.27 bits per heavy atom. The lowest BCUT2D eigenvalue weighted by Gasteiger charge is -2.29. The zero-order chi connectivity index (χ0) is 24.3. The van der Waals surface area contributed by atoms with Crippen LogP contribution < -0.4 is 10.2 Å². The summed E-state index contributed by atoms with van der Waals surface area (Å²) in [6.45, 7) is 5.46. The van der Waals surface area contributed by atoms with Crippen LogP contribution in [0.4, 0.5) is 0 Å². The van der Waals surface area contributed by atoms with E-state index in [1.807, 2.05) is 40.0 Å². The Kier molecular flexibility index (Phi) is 7.86. The standard InChI is InChI=1S/C22H34N4O6S/c1-14(2)31-22(27)16-8-7-9-17(12-16)32-20-11-10-18(23-15(20)3)21-19(13-30-33(6,28)29)25(4)26(5)24-21/h10-11,14,16-17,24H,7-9,12-13H2,1-6H3/t16-,17-/m0/s1. The number of hydrogen-bond donors (Lipinski definition) is 1. The normalized spacial score (nSPS) is 22.0. The first-order valence-corrected chi connectivity index (χ1v) is 12.9. The Labute approximate surface area is 196 Å². The van der Waals surface area contributed by atoms with Crippen LogP contribution in [0.1, 0.15) is 50.9 Å². The molecule has 1 N–H and O–H groups in total. The Hall–Kier alpha value is -2.37. The van der Waals surface area contributed by atoms with Crippen LogP contribution in [-0.4, -0.2) is 68.7 Å². The zero-order valence-electron chi connectivity index (χ0n) is 20.1. The van der Waals surface area contributed by atoms with Crippen molar-refractivity contribution in [1.82, 2.24) is 20.5 Å². The molecule has 1 saturated carbocycles. The molecule has 2 aliphatic rings. The van der Waals surface area contributed by atoms with Gasteiger partial charge in [0.25, 0.3) is 10.1 Å². The average molecular weight is 483 g/mol. The lowest BCUT2D eigenvalue weighted by Crippen LogP contribution is -2.37. The Morgan fingerprint density at radius 2 is 2.00 bits per heavy atom. The highest BCUT2D eigenvalue weighted by molar-refractivity contribution is 7.86. The minimum Gasteiger partial charge on any atom is -0.489 e. The van der Waals surface area contributed by atoms with Gasteiger partial charge in [0, 0.05) is 14.1 Å². The second kappa shape index (κ2) is 10.3. The molecule has 0 spiro atoms. The minimum atomic E-state index is -3.59. The number of esters is 1. The Bertz CT molecular complexity index is 1010. The van der Waals surface area contributed by atoms with E-state index < -0.39 is 10.1 Å². The van der Waals surface area contributed by atoms with Gasteiger partial charge in [0.05, 0.1) is 47.2 Å². The van der Waals surface area contributed by atoms with Crippen molar-refractivity contribution in [2.75, 3.05) is 27.0 Å². The highest BCUT2D eigenvalue weighted by Gasteiger charge is 2.31. The van der Waals surface area contributed by atoms with Gasteiger partial charge in [-0.15, -0.1) is 5.12 Å². The zero-order valence-corrected chi connectivity index (χ0v) is 20.9. The predicted octanol–water partition coefficient (Wildman–Crippen LogP) is 2.22. The monoisotopic (exact) mass is 482 g/mol. The van der Waals surface area contributed by atoms with Crippen molar-refractivity contribution in [3.63, 3.8) is 0 Å². The molecule has 1 aromatic rings. The number of likely N-dealkylation sites (N-methyl/N-ethyl adjacent to an activating group) is 1. The summed E-state index contributed by atoms with van der Waals surface area (Å²) in [5.74, 6) is 0.366. The molecular formula is C22H34N4O6S. The first-order valence-electron chi connectivity index (χ1n) is 11.1. The summed E-state index contributed by atoms with van der Waals surface area (Å²) in [6.07, 6.45) is 4.06. The molecule has 0 amide bonds. The molecule has 0 radical (unpaired) electrons. The number of aromatic nitrogens is 1. The molecule has 0 saturated heterocycles. The third-order valence-electron chi connectivity index (χ3n) is 5.71. The van der Waals surface area contributed by atoms with Crippen molar-refractivity contribution in [1.29, 1.82) is 0 Å². The quantitative estimate of drug-likeness (QED) is 0.437. The molecule has 2 atom stereocenters. The van der Waals surface area contributed by atoms with Gasteiger partial charge >= 0.3 is 5.97 Å². The highest BCUT2D eigenvalue weighted by atomic mass is 32.2. The van der Waals surface area contributed by atoms with Gasteiger partial charge in [-0.1, -0.05) is 0 Å². The summed E-state index contributed by atoms with van der Waals surface area (Å²) in [7, 11) is 0.0204. The molecular weight excluding hydrogens is 448 g/mol. The van der Waals surface area contributed by atoms with Crippen LogP contribution in [0.15, 0.2) is 17.8 Å². The molecule has 1 aliphatic heterocycles. The van der Waals surface area contributed by atoms with Crippen LogP contribution >= 0.6 is 0 Å². The average Bonchev–Trinajstić information content (AvgIpc) is 3.01. The maximum atomic E-state index is 12.3. The highest BCUT2D eigenvalue weighted by Crippen LogP contribution is 2.31. The van der Waals surface area contributed by atoms with Crippen molar-refractivity contribution >= 4 is 21.8 Å². The molecule has 184 valence electrons. The molecule has 1 aliphatic carbocycles. The van der Waals surface area contributed by atoms with E-state index in [1.54, 1.807) is 17.2 Å². The second-order valence-electron chi connectivity index (χ2n) is 8.82. The smallest absolute Gasteiger partial charge is 0.309 e. The van der Waals surface area contributed by atoms with Crippen LogP contribution in [0.3, 0.4) is 0 Å². The Morgan fingerprint density at radius 3 is 2.64 bits per heavy atom. The number of pyridine rings is 1. The molecule has 0 unspecified atom stereocenters. The summed E-state index contributed by atoms with van der Waals surface area (Å²) < 4.78 is 39.5. The number of carbonyl (C=O) groups is 1. The van der Waals surface area contributed by atoms with Gasteiger partial charge in [0.2, 0.25) is 0 Å². The van der Waals surface area contributed by atoms with Crippen LogP contribution in [0.25, 0.3) is 5.70 Å². The van der Waals surface area contributed by atoms with E-state index in [0.717, 1.165) is 25.5 Å². The van der Waals surface area contributed by atoms with Crippen LogP contribution in [0, 0.1) is 12.8 Å². The lowest BCUT2D eigenvalue weighted by molar-refractivity contribution is -0.154. The lowest BCUT2D eigenvalue weighted by atomic mass is 9.87. The van der Waals surface area contributed by atoms with Crippen LogP contribution in [0.5, 0.6) is 5.75 Å². The van der Waals surface area contributed by atoms with Gasteiger partial charge in [-0.25, -0.2) is 4.98 Å². The number of hydrazine groups is 2. The van der Waals surface area contributed by atoms with E-state index in [0.29, 0.717) is 35.0 Å². The molecule has 1 aromatic heterocycles. The number of rotatable bonds is 8. The fourth-order valence-corrected chi connectivity index (χ4v) is 4.29. The maximum absolute atomic E-state index is 12.3. The number of ether oxygens (including phenoxy) is 2. The van der Waals surface area contributed by atoms with E-state index >= 15 is 0 Å². The Balaban J connectivity index is 1.74. The SMILES string of the molecule is Cc1nc(C2=C(COS(C)(=O)=O)N(C)N(C)N2)ccc1O[C@H]1CCC[C@H](C(=O)OC(C)C)C1.